The molecule has 0 spiro atoms. The summed E-state index contributed by atoms with van der Waals surface area (Å²) in [5.41, 5.74) is 0.912. The van der Waals surface area contributed by atoms with E-state index in [0.29, 0.717) is 6.42 Å². The van der Waals surface area contributed by atoms with E-state index in [2.05, 4.69) is 5.10 Å². The van der Waals surface area contributed by atoms with Crippen LogP contribution in [0.3, 0.4) is 0 Å². The fraction of sp³-hybridized carbons (Fsp3) is 0.231. The number of carboxylic acid groups (broad SMARTS) is 1. The Kier molecular flexibility index (Phi) is 3.89. The van der Waals surface area contributed by atoms with Crippen molar-refractivity contribution >= 4 is 15.8 Å². The minimum Gasteiger partial charge on any atom is -0.478 e. The van der Waals surface area contributed by atoms with Crippen LogP contribution in [-0.2, 0) is 23.3 Å². The fourth-order valence-electron chi connectivity index (χ4n) is 1.78. The van der Waals surface area contributed by atoms with E-state index in [-0.39, 0.29) is 16.2 Å². The number of rotatable bonds is 5. The van der Waals surface area contributed by atoms with Crippen LogP contribution in [0.1, 0.15) is 15.9 Å². The molecule has 0 unspecified atom stereocenters. The summed E-state index contributed by atoms with van der Waals surface area (Å²) in [7, 11) is -1.66. The minimum atomic E-state index is -3.42. The zero-order valence-electron chi connectivity index (χ0n) is 10.9. The summed E-state index contributed by atoms with van der Waals surface area (Å²) in [5.74, 6) is -1.12. The number of aromatic nitrogens is 2. The van der Waals surface area contributed by atoms with Gasteiger partial charge in [0.25, 0.3) is 0 Å². The summed E-state index contributed by atoms with van der Waals surface area (Å²) in [6.07, 6.45) is 3.77. The molecule has 1 heterocycles. The molecule has 1 aromatic carbocycles. The van der Waals surface area contributed by atoms with Gasteiger partial charge in [-0.25, -0.2) is 13.2 Å². The highest BCUT2D eigenvalue weighted by atomic mass is 32.2. The minimum absolute atomic E-state index is 0.0366. The summed E-state index contributed by atoms with van der Waals surface area (Å²) in [4.78, 5) is 10.8. The molecule has 6 nitrogen and oxygen atoms in total. The van der Waals surface area contributed by atoms with E-state index >= 15 is 0 Å². The van der Waals surface area contributed by atoms with Crippen LogP contribution in [0.2, 0.25) is 0 Å². The third-order valence-corrected chi connectivity index (χ3v) is 4.61. The topological polar surface area (TPSA) is 89.3 Å². The van der Waals surface area contributed by atoms with E-state index in [1.807, 2.05) is 0 Å². The molecular weight excluding hydrogens is 280 g/mol. The van der Waals surface area contributed by atoms with Crippen molar-refractivity contribution in [2.75, 3.05) is 5.75 Å². The quantitative estimate of drug-likeness (QED) is 0.893. The standard InChI is InChI=1S/C13H14N2O4S/c1-15-9-10(8-14-15)6-7-20(18,19)12-4-2-11(3-5-12)13(16)17/h2-5,8-9H,6-7H2,1H3,(H,16,17). The van der Waals surface area contributed by atoms with Crippen LogP contribution in [0.4, 0.5) is 0 Å². The van der Waals surface area contributed by atoms with Crippen molar-refractivity contribution in [2.45, 2.75) is 11.3 Å². The van der Waals surface area contributed by atoms with Crippen molar-refractivity contribution < 1.29 is 18.3 Å². The van der Waals surface area contributed by atoms with Gasteiger partial charge in [-0.1, -0.05) is 0 Å². The first-order valence-electron chi connectivity index (χ1n) is 5.92. The molecule has 0 saturated heterocycles. The normalized spacial score (nSPS) is 11.4. The lowest BCUT2D eigenvalue weighted by atomic mass is 10.2. The van der Waals surface area contributed by atoms with E-state index < -0.39 is 15.8 Å². The van der Waals surface area contributed by atoms with E-state index in [1.54, 1.807) is 24.1 Å². The SMILES string of the molecule is Cn1cc(CCS(=O)(=O)c2ccc(C(=O)O)cc2)cn1. The van der Waals surface area contributed by atoms with Crippen molar-refractivity contribution in [3.05, 3.63) is 47.8 Å². The largest absolute Gasteiger partial charge is 0.478 e. The van der Waals surface area contributed by atoms with Gasteiger partial charge in [-0.05, 0) is 36.2 Å². The molecule has 0 fully saturated rings. The number of nitrogens with zero attached hydrogens (tertiary/aromatic N) is 2. The molecule has 0 aliphatic rings. The predicted molar refractivity (Wildman–Crippen MR) is 72.4 cm³/mol. The Morgan fingerprint density at radius 1 is 1.30 bits per heavy atom. The molecule has 106 valence electrons. The van der Waals surface area contributed by atoms with Crippen LogP contribution in [-0.4, -0.2) is 35.0 Å². The summed E-state index contributed by atoms with van der Waals surface area (Å²) in [6, 6.07) is 5.22. The maximum Gasteiger partial charge on any atom is 0.335 e. The molecule has 1 N–H and O–H groups in total. The fourth-order valence-corrected chi connectivity index (χ4v) is 3.07. The van der Waals surface area contributed by atoms with Crippen molar-refractivity contribution in [1.29, 1.82) is 0 Å². The molecule has 1 aromatic heterocycles. The molecule has 0 aliphatic heterocycles. The van der Waals surface area contributed by atoms with Crippen molar-refractivity contribution in [3.8, 4) is 0 Å². The van der Waals surface area contributed by atoms with Crippen LogP contribution in [0.25, 0.3) is 0 Å². The second-order valence-corrected chi connectivity index (χ2v) is 6.53. The van der Waals surface area contributed by atoms with E-state index in [4.69, 9.17) is 5.11 Å². The molecule has 20 heavy (non-hydrogen) atoms. The van der Waals surface area contributed by atoms with E-state index in [1.165, 1.54) is 24.3 Å². The Labute approximate surface area is 116 Å². The first-order chi connectivity index (χ1) is 9.38. The number of aryl methyl sites for hydroxylation is 2. The van der Waals surface area contributed by atoms with Gasteiger partial charge in [-0.3, -0.25) is 4.68 Å². The average Bonchev–Trinajstić information content (AvgIpc) is 2.82. The molecule has 0 saturated carbocycles. The summed E-state index contributed by atoms with van der Waals surface area (Å²) in [5, 5.41) is 12.8. The number of aromatic carboxylic acids is 1. The highest BCUT2D eigenvalue weighted by molar-refractivity contribution is 7.91. The Hall–Kier alpha value is -2.15. The maximum absolute atomic E-state index is 12.1. The first kappa shape index (κ1) is 14.3. The second-order valence-electron chi connectivity index (χ2n) is 4.42. The molecular formula is C13H14N2O4S. The number of hydrogen-bond donors (Lipinski definition) is 1. The van der Waals surface area contributed by atoms with Gasteiger partial charge in [-0.2, -0.15) is 5.10 Å². The molecule has 0 radical (unpaired) electrons. The molecule has 0 atom stereocenters. The van der Waals surface area contributed by atoms with Gasteiger partial charge in [0.1, 0.15) is 0 Å². The van der Waals surface area contributed by atoms with Gasteiger partial charge in [0.15, 0.2) is 9.84 Å². The zero-order valence-corrected chi connectivity index (χ0v) is 11.7. The lowest BCUT2D eigenvalue weighted by Crippen LogP contribution is -2.09. The number of benzene rings is 1. The van der Waals surface area contributed by atoms with E-state index in [0.717, 1.165) is 5.56 Å². The van der Waals surface area contributed by atoms with Gasteiger partial charge < -0.3 is 5.11 Å². The van der Waals surface area contributed by atoms with Crippen LogP contribution >= 0.6 is 0 Å². The third-order valence-electron chi connectivity index (χ3n) is 2.88. The second kappa shape index (κ2) is 5.46. The summed E-state index contributed by atoms with van der Waals surface area (Å²) >= 11 is 0. The van der Waals surface area contributed by atoms with Gasteiger partial charge in [0, 0.05) is 13.2 Å². The van der Waals surface area contributed by atoms with Crippen LogP contribution in [0.15, 0.2) is 41.6 Å². The van der Waals surface area contributed by atoms with Crippen molar-refractivity contribution in [3.63, 3.8) is 0 Å². The predicted octanol–water partition coefficient (Wildman–Crippen LogP) is 1.13. The first-order valence-corrected chi connectivity index (χ1v) is 7.57. The number of carbonyl (C=O) groups is 1. The Bertz CT molecular complexity index is 717. The van der Waals surface area contributed by atoms with Gasteiger partial charge >= 0.3 is 5.97 Å². The number of hydrogen-bond acceptors (Lipinski definition) is 4. The molecule has 0 bridgehead atoms. The Balaban J connectivity index is 2.11. The summed E-state index contributed by atoms with van der Waals surface area (Å²) < 4.78 is 25.9. The highest BCUT2D eigenvalue weighted by Crippen LogP contribution is 2.14. The zero-order chi connectivity index (χ0) is 14.8. The maximum atomic E-state index is 12.1. The Morgan fingerprint density at radius 2 is 1.95 bits per heavy atom. The lowest BCUT2D eigenvalue weighted by Gasteiger charge is -2.04. The van der Waals surface area contributed by atoms with Gasteiger partial charge in [-0.15, -0.1) is 0 Å². The lowest BCUT2D eigenvalue weighted by molar-refractivity contribution is 0.0696. The van der Waals surface area contributed by atoms with Crippen LogP contribution in [0, 0.1) is 0 Å². The van der Waals surface area contributed by atoms with Crippen molar-refractivity contribution in [2.24, 2.45) is 7.05 Å². The summed E-state index contributed by atoms with van der Waals surface area (Å²) in [6.45, 7) is 0. The molecule has 7 heteroatoms. The molecule has 0 amide bonds. The molecule has 2 aromatic rings. The molecule has 0 aliphatic carbocycles. The number of carboxylic acids is 1. The molecule has 2 rings (SSSR count). The third kappa shape index (κ3) is 3.24. The van der Waals surface area contributed by atoms with Crippen molar-refractivity contribution in [1.82, 2.24) is 9.78 Å². The monoisotopic (exact) mass is 294 g/mol. The van der Waals surface area contributed by atoms with Gasteiger partial charge in [0.05, 0.1) is 22.4 Å². The van der Waals surface area contributed by atoms with E-state index in [9.17, 15) is 13.2 Å². The van der Waals surface area contributed by atoms with Gasteiger partial charge in [0.2, 0.25) is 0 Å². The number of sulfone groups is 1. The smallest absolute Gasteiger partial charge is 0.335 e. The average molecular weight is 294 g/mol. The van der Waals surface area contributed by atoms with Crippen LogP contribution < -0.4 is 0 Å². The van der Waals surface area contributed by atoms with Crippen LogP contribution in [0.5, 0.6) is 0 Å². The highest BCUT2D eigenvalue weighted by Gasteiger charge is 2.15. The Morgan fingerprint density at radius 3 is 2.45 bits per heavy atom.